The average Bonchev–Trinajstić information content (AvgIpc) is 2.54. The summed E-state index contributed by atoms with van der Waals surface area (Å²) >= 11 is 0. The molecule has 1 fully saturated rings. The van der Waals surface area contributed by atoms with Gasteiger partial charge >= 0.3 is 0 Å². The van der Waals surface area contributed by atoms with E-state index in [2.05, 4.69) is 10.6 Å². The van der Waals surface area contributed by atoms with Crippen molar-refractivity contribution in [2.75, 3.05) is 6.54 Å². The number of carbonyl (C=O) groups is 2. The number of benzene rings is 1. The zero-order valence-electron chi connectivity index (χ0n) is 14.3. The Bertz CT molecular complexity index is 511. The van der Waals surface area contributed by atoms with Crippen molar-refractivity contribution < 1.29 is 9.59 Å². The predicted molar refractivity (Wildman–Crippen MR) is 95.4 cm³/mol. The SMILES string of the molecule is NC(=O)[C@H](Cc1ccccc1)NCC(=O)NC1CCCCCCC1. The minimum Gasteiger partial charge on any atom is -0.368 e. The topological polar surface area (TPSA) is 84.2 Å². The van der Waals surface area contributed by atoms with Gasteiger partial charge < -0.3 is 11.1 Å². The van der Waals surface area contributed by atoms with Crippen LogP contribution >= 0.6 is 0 Å². The van der Waals surface area contributed by atoms with Crippen LogP contribution in [-0.4, -0.2) is 30.4 Å². The monoisotopic (exact) mass is 331 g/mol. The molecule has 0 aliphatic heterocycles. The van der Waals surface area contributed by atoms with Gasteiger partial charge in [0.15, 0.2) is 0 Å². The Morgan fingerprint density at radius 1 is 1.04 bits per heavy atom. The Morgan fingerprint density at radius 3 is 2.29 bits per heavy atom. The molecule has 4 N–H and O–H groups in total. The van der Waals surface area contributed by atoms with E-state index in [4.69, 9.17) is 5.73 Å². The van der Waals surface area contributed by atoms with Crippen molar-refractivity contribution in [2.24, 2.45) is 5.73 Å². The highest BCUT2D eigenvalue weighted by atomic mass is 16.2. The second-order valence-corrected chi connectivity index (χ2v) is 6.64. The van der Waals surface area contributed by atoms with Crippen LogP contribution < -0.4 is 16.4 Å². The van der Waals surface area contributed by atoms with Crippen LogP contribution in [0.5, 0.6) is 0 Å². The first-order valence-electron chi connectivity index (χ1n) is 9.01. The molecule has 0 heterocycles. The summed E-state index contributed by atoms with van der Waals surface area (Å²) < 4.78 is 0. The van der Waals surface area contributed by atoms with Crippen molar-refractivity contribution in [3.05, 3.63) is 35.9 Å². The van der Waals surface area contributed by atoms with E-state index in [1.165, 1.54) is 32.1 Å². The molecule has 1 aliphatic rings. The molecule has 0 bridgehead atoms. The summed E-state index contributed by atoms with van der Waals surface area (Å²) in [7, 11) is 0. The lowest BCUT2D eigenvalue weighted by atomic mass is 9.97. The Hall–Kier alpha value is -1.88. The number of hydrogen-bond acceptors (Lipinski definition) is 3. The van der Waals surface area contributed by atoms with Crippen molar-refractivity contribution >= 4 is 11.8 Å². The molecular weight excluding hydrogens is 302 g/mol. The lowest BCUT2D eigenvalue weighted by molar-refractivity contribution is -0.122. The van der Waals surface area contributed by atoms with Crippen molar-refractivity contribution in [3.8, 4) is 0 Å². The molecule has 1 saturated carbocycles. The molecule has 5 heteroatoms. The molecule has 0 saturated heterocycles. The van der Waals surface area contributed by atoms with Gasteiger partial charge in [0.25, 0.3) is 0 Å². The minimum absolute atomic E-state index is 0.0557. The summed E-state index contributed by atoms with van der Waals surface area (Å²) in [5, 5.41) is 6.09. The van der Waals surface area contributed by atoms with Crippen LogP contribution in [0.1, 0.15) is 50.5 Å². The van der Waals surface area contributed by atoms with E-state index in [0.29, 0.717) is 6.42 Å². The maximum atomic E-state index is 12.2. The van der Waals surface area contributed by atoms with Crippen LogP contribution in [0.15, 0.2) is 30.3 Å². The van der Waals surface area contributed by atoms with E-state index in [0.717, 1.165) is 18.4 Å². The molecule has 1 aliphatic carbocycles. The molecule has 1 atom stereocenters. The fourth-order valence-electron chi connectivity index (χ4n) is 3.22. The summed E-state index contributed by atoms with van der Waals surface area (Å²) in [5.74, 6) is -0.488. The van der Waals surface area contributed by atoms with Gasteiger partial charge in [0.05, 0.1) is 12.6 Å². The third-order valence-corrected chi connectivity index (χ3v) is 4.61. The molecule has 24 heavy (non-hydrogen) atoms. The largest absolute Gasteiger partial charge is 0.368 e. The van der Waals surface area contributed by atoms with Gasteiger partial charge in [-0.05, 0) is 24.8 Å². The smallest absolute Gasteiger partial charge is 0.234 e. The number of nitrogens with one attached hydrogen (secondary N) is 2. The number of hydrogen-bond donors (Lipinski definition) is 3. The van der Waals surface area contributed by atoms with Crippen LogP contribution in [0.2, 0.25) is 0 Å². The van der Waals surface area contributed by atoms with E-state index >= 15 is 0 Å². The van der Waals surface area contributed by atoms with Crippen molar-refractivity contribution in [3.63, 3.8) is 0 Å². The molecule has 0 unspecified atom stereocenters. The first kappa shape index (κ1) is 18.5. The number of nitrogens with two attached hydrogens (primary N) is 1. The normalized spacial score (nSPS) is 17.5. The maximum Gasteiger partial charge on any atom is 0.234 e. The zero-order chi connectivity index (χ0) is 17.2. The quantitative estimate of drug-likeness (QED) is 0.713. The molecule has 1 aromatic carbocycles. The van der Waals surface area contributed by atoms with Crippen LogP contribution in [0.3, 0.4) is 0 Å². The molecule has 132 valence electrons. The Balaban J connectivity index is 1.78. The van der Waals surface area contributed by atoms with Crippen molar-refractivity contribution in [1.29, 1.82) is 0 Å². The summed E-state index contributed by atoms with van der Waals surface area (Å²) in [6, 6.07) is 9.41. The third-order valence-electron chi connectivity index (χ3n) is 4.61. The molecule has 0 aromatic heterocycles. The highest BCUT2D eigenvalue weighted by Crippen LogP contribution is 2.16. The van der Waals surface area contributed by atoms with Crippen molar-refractivity contribution in [1.82, 2.24) is 10.6 Å². The van der Waals surface area contributed by atoms with Crippen LogP contribution in [0, 0.1) is 0 Å². The molecule has 0 spiro atoms. The standard InChI is InChI=1S/C19H29N3O2/c20-19(24)17(13-15-9-5-4-6-10-15)21-14-18(23)22-16-11-7-2-1-3-8-12-16/h4-6,9-10,16-17,21H,1-3,7-8,11-14H2,(H2,20,24)(H,22,23)/t17-/m0/s1. The number of carbonyl (C=O) groups excluding carboxylic acids is 2. The second-order valence-electron chi connectivity index (χ2n) is 6.64. The first-order chi connectivity index (χ1) is 11.6. The Kier molecular flexibility index (Phi) is 7.75. The summed E-state index contributed by atoms with van der Waals surface area (Å²) in [6.45, 7) is 0.122. The van der Waals surface area contributed by atoms with E-state index in [1.807, 2.05) is 30.3 Å². The molecule has 0 radical (unpaired) electrons. The van der Waals surface area contributed by atoms with Crippen molar-refractivity contribution in [2.45, 2.75) is 63.5 Å². The number of rotatable bonds is 7. The summed E-state index contributed by atoms with van der Waals surface area (Å²) in [6.07, 6.45) is 8.77. The second kappa shape index (κ2) is 10.1. The van der Waals surface area contributed by atoms with Crippen LogP contribution in [0.4, 0.5) is 0 Å². The van der Waals surface area contributed by atoms with E-state index in [-0.39, 0.29) is 18.5 Å². The molecule has 5 nitrogen and oxygen atoms in total. The molecular formula is C19H29N3O2. The average molecular weight is 331 g/mol. The van der Waals surface area contributed by atoms with Crippen LogP contribution in [-0.2, 0) is 16.0 Å². The van der Waals surface area contributed by atoms with Gasteiger partial charge in [-0.25, -0.2) is 0 Å². The summed E-state index contributed by atoms with van der Waals surface area (Å²) in [5.41, 5.74) is 6.48. The minimum atomic E-state index is -0.532. The number of amides is 2. The molecule has 1 aromatic rings. The van der Waals surface area contributed by atoms with E-state index in [1.54, 1.807) is 0 Å². The van der Waals surface area contributed by atoms with Gasteiger partial charge in [-0.15, -0.1) is 0 Å². The fourth-order valence-corrected chi connectivity index (χ4v) is 3.22. The van der Waals surface area contributed by atoms with Crippen LogP contribution in [0.25, 0.3) is 0 Å². The highest BCUT2D eigenvalue weighted by Gasteiger charge is 2.18. The molecule has 2 rings (SSSR count). The Morgan fingerprint density at radius 2 is 1.67 bits per heavy atom. The maximum absolute atomic E-state index is 12.2. The Labute approximate surface area is 144 Å². The lowest BCUT2D eigenvalue weighted by Crippen LogP contribution is -2.48. The predicted octanol–water partition coefficient (Wildman–Crippen LogP) is 1.90. The number of primary amides is 1. The molecule has 2 amide bonds. The van der Waals surface area contributed by atoms with Gasteiger partial charge in [-0.3, -0.25) is 14.9 Å². The summed E-state index contributed by atoms with van der Waals surface area (Å²) in [4.78, 5) is 23.8. The van der Waals surface area contributed by atoms with Gasteiger partial charge in [-0.2, -0.15) is 0 Å². The van der Waals surface area contributed by atoms with Gasteiger partial charge in [0.2, 0.25) is 11.8 Å². The van der Waals surface area contributed by atoms with Gasteiger partial charge in [-0.1, -0.05) is 62.4 Å². The van der Waals surface area contributed by atoms with Gasteiger partial charge in [0, 0.05) is 6.04 Å². The first-order valence-corrected chi connectivity index (χ1v) is 9.01. The third kappa shape index (κ3) is 6.71. The lowest BCUT2D eigenvalue weighted by Gasteiger charge is -2.22. The van der Waals surface area contributed by atoms with E-state index in [9.17, 15) is 9.59 Å². The zero-order valence-corrected chi connectivity index (χ0v) is 14.3. The van der Waals surface area contributed by atoms with E-state index < -0.39 is 11.9 Å². The fraction of sp³-hybridized carbons (Fsp3) is 0.579. The van der Waals surface area contributed by atoms with Gasteiger partial charge in [0.1, 0.15) is 0 Å². The highest BCUT2D eigenvalue weighted by molar-refractivity contribution is 5.82.